The maximum atomic E-state index is 12.4. The summed E-state index contributed by atoms with van der Waals surface area (Å²) in [4.78, 5) is 12.4. The van der Waals surface area contributed by atoms with E-state index in [1.54, 1.807) is 37.5 Å². The monoisotopic (exact) mass is 322 g/mol. The largest absolute Gasteiger partial charge is 0.496 e. The van der Waals surface area contributed by atoms with Gasteiger partial charge in [-0.1, -0.05) is 42.0 Å². The summed E-state index contributed by atoms with van der Waals surface area (Å²) < 4.78 is 11.0. The van der Waals surface area contributed by atoms with Crippen LogP contribution >= 0.6 is 0 Å². The summed E-state index contributed by atoms with van der Waals surface area (Å²) in [6.45, 7) is 4.53. The highest BCUT2D eigenvalue weighted by atomic mass is 16.5. The van der Waals surface area contributed by atoms with E-state index in [4.69, 9.17) is 9.47 Å². The first-order valence-electron chi connectivity index (χ1n) is 7.82. The third-order valence-corrected chi connectivity index (χ3v) is 3.41. The highest BCUT2D eigenvalue weighted by Gasteiger charge is 2.11. The number of hydrogen-bond donors (Lipinski definition) is 0. The van der Waals surface area contributed by atoms with Gasteiger partial charge in [0.25, 0.3) is 0 Å². The lowest BCUT2D eigenvalue weighted by Gasteiger charge is -2.09. The molecule has 0 saturated carbocycles. The van der Waals surface area contributed by atoms with Crippen molar-refractivity contribution < 1.29 is 14.3 Å². The molecule has 3 nitrogen and oxygen atoms in total. The van der Waals surface area contributed by atoms with Gasteiger partial charge in [0.1, 0.15) is 18.1 Å². The van der Waals surface area contributed by atoms with Gasteiger partial charge in [-0.15, -0.1) is 0 Å². The first-order valence-corrected chi connectivity index (χ1v) is 7.82. The molecule has 0 aliphatic rings. The second-order valence-electron chi connectivity index (χ2n) is 5.56. The van der Waals surface area contributed by atoms with E-state index in [0.29, 0.717) is 23.7 Å². The van der Waals surface area contributed by atoms with Crippen molar-refractivity contribution in [3.8, 4) is 11.5 Å². The number of benzene rings is 2. The average Bonchev–Trinajstić information content (AvgIpc) is 2.60. The number of ether oxygens (including phenoxy) is 2. The van der Waals surface area contributed by atoms with Crippen molar-refractivity contribution in [1.29, 1.82) is 0 Å². The molecule has 0 radical (unpaired) electrons. The highest BCUT2D eigenvalue weighted by molar-refractivity contribution is 6.08. The second-order valence-corrected chi connectivity index (χ2v) is 5.56. The summed E-state index contributed by atoms with van der Waals surface area (Å²) in [7, 11) is 1.55. The summed E-state index contributed by atoms with van der Waals surface area (Å²) in [5, 5.41) is 0. The smallest absolute Gasteiger partial charge is 0.189 e. The van der Waals surface area contributed by atoms with Gasteiger partial charge in [-0.05, 0) is 43.7 Å². The van der Waals surface area contributed by atoms with Gasteiger partial charge in [0.2, 0.25) is 0 Å². The topological polar surface area (TPSA) is 35.5 Å². The average molecular weight is 322 g/mol. The minimum absolute atomic E-state index is 0.105. The van der Waals surface area contributed by atoms with Gasteiger partial charge in [-0.3, -0.25) is 4.79 Å². The van der Waals surface area contributed by atoms with Crippen LogP contribution in [0.5, 0.6) is 11.5 Å². The predicted molar refractivity (Wildman–Crippen MR) is 97.7 cm³/mol. The first-order chi connectivity index (χ1) is 11.6. The van der Waals surface area contributed by atoms with Crippen LogP contribution in [0.25, 0.3) is 6.08 Å². The van der Waals surface area contributed by atoms with E-state index >= 15 is 0 Å². The molecule has 2 rings (SSSR count). The van der Waals surface area contributed by atoms with Crippen molar-refractivity contribution in [3.05, 3.63) is 77.4 Å². The number of allylic oxidation sites excluding steroid dienone is 2. The Morgan fingerprint density at radius 3 is 2.50 bits per heavy atom. The highest BCUT2D eigenvalue weighted by Crippen LogP contribution is 2.25. The molecule has 0 saturated heterocycles. The lowest BCUT2D eigenvalue weighted by molar-refractivity contribution is 0.104. The van der Waals surface area contributed by atoms with Gasteiger partial charge in [0.05, 0.1) is 12.7 Å². The zero-order valence-electron chi connectivity index (χ0n) is 14.3. The number of carbonyl (C=O) groups is 1. The molecule has 0 spiro atoms. The molecule has 0 N–H and O–H groups in total. The number of ketones is 1. The Labute approximate surface area is 143 Å². The lowest BCUT2D eigenvalue weighted by Crippen LogP contribution is -2.01. The summed E-state index contributed by atoms with van der Waals surface area (Å²) in [5.41, 5.74) is 2.69. The van der Waals surface area contributed by atoms with E-state index in [2.05, 4.69) is 0 Å². The van der Waals surface area contributed by atoms with Crippen molar-refractivity contribution in [2.45, 2.75) is 13.8 Å². The fraction of sp³-hybridized carbons (Fsp3) is 0.190. The summed E-state index contributed by atoms with van der Waals surface area (Å²) in [6.07, 6.45) is 5.34. The Morgan fingerprint density at radius 1 is 1.08 bits per heavy atom. The molecule has 0 amide bonds. The zero-order chi connectivity index (χ0) is 17.4. The maximum Gasteiger partial charge on any atom is 0.189 e. The number of rotatable bonds is 7. The summed E-state index contributed by atoms with van der Waals surface area (Å²) in [6, 6.07) is 15.0. The molecule has 2 aromatic rings. The quantitative estimate of drug-likeness (QED) is 0.411. The maximum absolute atomic E-state index is 12.4. The third kappa shape index (κ3) is 5.13. The molecule has 0 bridgehead atoms. The molecule has 0 aliphatic heterocycles. The third-order valence-electron chi connectivity index (χ3n) is 3.41. The van der Waals surface area contributed by atoms with Crippen LogP contribution in [-0.2, 0) is 0 Å². The van der Waals surface area contributed by atoms with Crippen LogP contribution in [0, 0.1) is 0 Å². The van der Waals surface area contributed by atoms with Crippen LogP contribution in [-0.4, -0.2) is 19.5 Å². The lowest BCUT2D eigenvalue weighted by atomic mass is 10.1. The van der Waals surface area contributed by atoms with Gasteiger partial charge in [-0.25, -0.2) is 0 Å². The molecular weight excluding hydrogens is 300 g/mol. The number of hydrogen-bond acceptors (Lipinski definition) is 3. The molecule has 0 aliphatic carbocycles. The van der Waals surface area contributed by atoms with Crippen LogP contribution in [0.1, 0.15) is 29.8 Å². The van der Waals surface area contributed by atoms with Gasteiger partial charge in [0, 0.05) is 6.07 Å². The Bertz CT molecular complexity index is 739. The van der Waals surface area contributed by atoms with E-state index < -0.39 is 0 Å². The number of methoxy groups -OCH3 is 1. The molecule has 24 heavy (non-hydrogen) atoms. The van der Waals surface area contributed by atoms with Crippen LogP contribution in [0.2, 0.25) is 0 Å². The van der Waals surface area contributed by atoms with E-state index in [0.717, 1.165) is 5.56 Å². The van der Waals surface area contributed by atoms with Crippen LogP contribution in [0.3, 0.4) is 0 Å². The Morgan fingerprint density at radius 2 is 1.83 bits per heavy atom. The van der Waals surface area contributed by atoms with Crippen LogP contribution in [0.15, 0.2) is 66.3 Å². The molecule has 0 heterocycles. The molecule has 0 atom stereocenters. The fourth-order valence-electron chi connectivity index (χ4n) is 2.10. The van der Waals surface area contributed by atoms with Crippen LogP contribution in [0.4, 0.5) is 0 Å². The van der Waals surface area contributed by atoms with E-state index in [1.807, 2.05) is 50.3 Å². The fourth-order valence-corrected chi connectivity index (χ4v) is 2.10. The van der Waals surface area contributed by atoms with Gasteiger partial charge < -0.3 is 9.47 Å². The first kappa shape index (κ1) is 17.5. The molecule has 124 valence electrons. The van der Waals surface area contributed by atoms with Crippen molar-refractivity contribution in [2.24, 2.45) is 0 Å². The van der Waals surface area contributed by atoms with E-state index in [-0.39, 0.29) is 5.78 Å². The molecule has 0 fully saturated rings. The SMILES string of the molecule is COc1cc(OCC=C(C)C)ccc1C(=O)/C=C/c1ccccc1. The van der Waals surface area contributed by atoms with Crippen molar-refractivity contribution in [2.75, 3.05) is 13.7 Å². The van der Waals surface area contributed by atoms with Crippen molar-refractivity contribution in [3.63, 3.8) is 0 Å². The van der Waals surface area contributed by atoms with E-state index in [1.165, 1.54) is 5.57 Å². The van der Waals surface area contributed by atoms with Crippen molar-refractivity contribution in [1.82, 2.24) is 0 Å². The molecule has 0 unspecified atom stereocenters. The van der Waals surface area contributed by atoms with Crippen molar-refractivity contribution >= 4 is 11.9 Å². The summed E-state index contributed by atoms with van der Waals surface area (Å²) >= 11 is 0. The van der Waals surface area contributed by atoms with E-state index in [9.17, 15) is 4.79 Å². The second kappa shape index (κ2) is 8.73. The van der Waals surface area contributed by atoms with Crippen LogP contribution < -0.4 is 9.47 Å². The van der Waals surface area contributed by atoms with Gasteiger partial charge in [0.15, 0.2) is 5.78 Å². The molecule has 3 heteroatoms. The molecule has 0 aromatic heterocycles. The predicted octanol–water partition coefficient (Wildman–Crippen LogP) is 4.94. The molecule has 2 aromatic carbocycles. The normalized spacial score (nSPS) is 10.5. The molecular formula is C21H22O3. The van der Waals surface area contributed by atoms with Gasteiger partial charge in [-0.2, -0.15) is 0 Å². The number of carbonyl (C=O) groups excluding carboxylic acids is 1. The van der Waals surface area contributed by atoms with Gasteiger partial charge >= 0.3 is 0 Å². The minimum atomic E-state index is -0.105. The Hall–Kier alpha value is -2.81. The Balaban J connectivity index is 2.13. The zero-order valence-corrected chi connectivity index (χ0v) is 14.3. The summed E-state index contributed by atoms with van der Waals surface area (Å²) in [5.74, 6) is 1.08. The standard InChI is InChI=1S/C21H22O3/c1-16(2)13-14-24-18-10-11-19(21(15-18)23-3)20(22)12-9-17-7-5-4-6-8-17/h4-13,15H,14H2,1-3H3/b12-9+. The minimum Gasteiger partial charge on any atom is -0.496 e. The Kier molecular flexibility index (Phi) is 6.38.